The highest BCUT2D eigenvalue weighted by atomic mass is 79.9. The van der Waals surface area contributed by atoms with E-state index in [0.29, 0.717) is 27.7 Å². The van der Waals surface area contributed by atoms with E-state index in [-0.39, 0.29) is 18.3 Å². The Hall–Kier alpha value is -2.03. The molecule has 0 radical (unpaired) electrons. The van der Waals surface area contributed by atoms with Crippen molar-refractivity contribution in [3.8, 4) is 5.75 Å². The summed E-state index contributed by atoms with van der Waals surface area (Å²) in [6.07, 6.45) is 0. The Labute approximate surface area is 193 Å². The highest BCUT2D eigenvalue weighted by Gasteiger charge is 2.14. The SMILES string of the molecule is CC(C)c1cc(Br)ccc1NC(=O)CSc1nnc(COc2ccccc2Cl)n1C. The summed E-state index contributed by atoms with van der Waals surface area (Å²) >= 11 is 10.9. The zero-order chi connectivity index (χ0) is 21.7. The average Bonchev–Trinajstić information content (AvgIpc) is 3.06. The van der Waals surface area contributed by atoms with Crippen LogP contribution < -0.4 is 10.1 Å². The molecule has 1 aromatic heterocycles. The monoisotopic (exact) mass is 508 g/mol. The summed E-state index contributed by atoms with van der Waals surface area (Å²) in [6, 6.07) is 13.1. The quantitative estimate of drug-likeness (QED) is 0.397. The lowest BCUT2D eigenvalue weighted by Gasteiger charge is -2.14. The van der Waals surface area contributed by atoms with E-state index in [2.05, 4.69) is 45.3 Å². The number of ether oxygens (including phenoxy) is 1. The number of thioether (sulfide) groups is 1. The van der Waals surface area contributed by atoms with Gasteiger partial charge in [-0.3, -0.25) is 4.79 Å². The van der Waals surface area contributed by atoms with Crippen molar-refractivity contribution in [2.75, 3.05) is 11.1 Å². The van der Waals surface area contributed by atoms with Crippen molar-refractivity contribution in [3.63, 3.8) is 0 Å². The lowest BCUT2D eigenvalue weighted by atomic mass is 10.0. The average molecular weight is 510 g/mol. The minimum atomic E-state index is -0.0962. The third kappa shape index (κ3) is 5.77. The van der Waals surface area contributed by atoms with Crippen LogP contribution in [0.2, 0.25) is 5.02 Å². The maximum Gasteiger partial charge on any atom is 0.234 e. The van der Waals surface area contributed by atoms with Crippen LogP contribution in [0.3, 0.4) is 0 Å². The van der Waals surface area contributed by atoms with Crippen LogP contribution in [0.5, 0.6) is 5.75 Å². The number of nitrogens with zero attached hydrogens (tertiary/aromatic N) is 3. The molecule has 30 heavy (non-hydrogen) atoms. The molecule has 0 aliphatic rings. The predicted molar refractivity (Wildman–Crippen MR) is 124 cm³/mol. The first kappa shape index (κ1) is 22.7. The first-order valence-corrected chi connectivity index (χ1v) is 11.5. The van der Waals surface area contributed by atoms with Gasteiger partial charge in [-0.15, -0.1) is 10.2 Å². The van der Waals surface area contributed by atoms with Gasteiger partial charge >= 0.3 is 0 Å². The van der Waals surface area contributed by atoms with E-state index in [0.717, 1.165) is 15.7 Å². The first-order chi connectivity index (χ1) is 14.3. The molecule has 158 valence electrons. The molecule has 0 saturated carbocycles. The van der Waals surface area contributed by atoms with Crippen LogP contribution in [0.15, 0.2) is 52.1 Å². The summed E-state index contributed by atoms with van der Waals surface area (Å²) < 4.78 is 8.52. The molecule has 9 heteroatoms. The fraction of sp³-hybridized carbons (Fsp3) is 0.286. The second kappa shape index (κ2) is 10.3. The summed E-state index contributed by atoms with van der Waals surface area (Å²) in [7, 11) is 1.84. The molecule has 0 aliphatic heterocycles. The lowest BCUT2D eigenvalue weighted by molar-refractivity contribution is -0.113. The van der Waals surface area contributed by atoms with Crippen molar-refractivity contribution in [1.29, 1.82) is 0 Å². The van der Waals surface area contributed by atoms with E-state index in [1.807, 2.05) is 41.9 Å². The molecule has 0 fully saturated rings. The Morgan fingerprint density at radius 3 is 2.77 bits per heavy atom. The second-order valence-electron chi connectivity index (χ2n) is 6.90. The summed E-state index contributed by atoms with van der Waals surface area (Å²) in [6.45, 7) is 4.42. The molecule has 0 aliphatic carbocycles. The number of carbonyl (C=O) groups excluding carboxylic acids is 1. The molecule has 0 bridgehead atoms. The molecular weight excluding hydrogens is 488 g/mol. The number of benzene rings is 2. The molecule has 0 saturated heterocycles. The number of hydrogen-bond donors (Lipinski definition) is 1. The number of para-hydroxylation sites is 1. The highest BCUT2D eigenvalue weighted by molar-refractivity contribution is 9.10. The van der Waals surface area contributed by atoms with Crippen molar-refractivity contribution in [3.05, 3.63) is 63.3 Å². The number of anilines is 1. The summed E-state index contributed by atoms with van der Waals surface area (Å²) in [5.41, 5.74) is 1.91. The maximum absolute atomic E-state index is 12.5. The largest absolute Gasteiger partial charge is 0.484 e. The highest BCUT2D eigenvalue weighted by Crippen LogP contribution is 2.28. The van der Waals surface area contributed by atoms with E-state index < -0.39 is 0 Å². The van der Waals surface area contributed by atoms with Gasteiger partial charge in [0.05, 0.1) is 10.8 Å². The van der Waals surface area contributed by atoms with E-state index in [9.17, 15) is 4.79 Å². The van der Waals surface area contributed by atoms with Gasteiger partial charge in [0.2, 0.25) is 5.91 Å². The Bertz CT molecular complexity index is 1040. The smallest absolute Gasteiger partial charge is 0.234 e. The topological polar surface area (TPSA) is 69.0 Å². The first-order valence-electron chi connectivity index (χ1n) is 9.33. The number of rotatable bonds is 8. The minimum absolute atomic E-state index is 0.0962. The second-order valence-corrected chi connectivity index (χ2v) is 9.17. The molecule has 2 aromatic carbocycles. The fourth-order valence-corrected chi connectivity index (χ4v) is 4.04. The molecule has 3 aromatic rings. The molecular formula is C21H22BrClN4O2S. The zero-order valence-electron chi connectivity index (χ0n) is 16.9. The normalized spacial score (nSPS) is 11.0. The number of carbonyl (C=O) groups is 1. The van der Waals surface area contributed by atoms with Gasteiger partial charge in [-0.25, -0.2) is 0 Å². The molecule has 0 spiro atoms. The van der Waals surface area contributed by atoms with Crippen LogP contribution in [0.4, 0.5) is 5.69 Å². The summed E-state index contributed by atoms with van der Waals surface area (Å²) in [5.74, 6) is 1.66. The van der Waals surface area contributed by atoms with E-state index in [4.69, 9.17) is 16.3 Å². The molecule has 0 atom stereocenters. The van der Waals surface area contributed by atoms with Gasteiger partial charge < -0.3 is 14.6 Å². The zero-order valence-corrected chi connectivity index (χ0v) is 20.0. The van der Waals surface area contributed by atoms with Crippen LogP contribution in [0, 0.1) is 0 Å². The van der Waals surface area contributed by atoms with E-state index in [1.165, 1.54) is 11.8 Å². The van der Waals surface area contributed by atoms with Crippen LogP contribution in [0.1, 0.15) is 31.2 Å². The molecule has 6 nitrogen and oxygen atoms in total. The Balaban J connectivity index is 1.58. The van der Waals surface area contributed by atoms with Gasteiger partial charge in [0.25, 0.3) is 0 Å². The third-order valence-corrected chi connectivity index (χ3v) is 6.19. The van der Waals surface area contributed by atoms with Gasteiger partial charge in [-0.05, 0) is 41.8 Å². The van der Waals surface area contributed by atoms with Crippen LogP contribution in [-0.4, -0.2) is 26.4 Å². The molecule has 0 unspecified atom stereocenters. The third-order valence-electron chi connectivity index (χ3n) is 4.36. The molecule has 3 rings (SSSR count). The summed E-state index contributed by atoms with van der Waals surface area (Å²) in [4.78, 5) is 12.5. The van der Waals surface area contributed by atoms with Crippen molar-refractivity contribution in [2.24, 2.45) is 7.05 Å². The number of aromatic nitrogens is 3. The van der Waals surface area contributed by atoms with E-state index in [1.54, 1.807) is 12.1 Å². The van der Waals surface area contributed by atoms with Crippen LogP contribution >= 0.6 is 39.3 Å². The minimum Gasteiger partial charge on any atom is -0.484 e. The Kier molecular flexibility index (Phi) is 7.80. The number of nitrogens with one attached hydrogen (secondary N) is 1. The maximum atomic E-state index is 12.5. The number of halogens is 2. The summed E-state index contributed by atoms with van der Waals surface area (Å²) in [5, 5.41) is 12.5. The van der Waals surface area contributed by atoms with Gasteiger partial charge in [-0.1, -0.05) is 65.3 Å². The standard InChI is InChI=1S/C21H22BrClN4O2S/c1-13(2)15-10-14(22)8-9-17(15)24-20(28)12-30-21-26-25-19(27(21)3)11-29-18-7-5-4-6-16(18)23/h4-10,13H,11-12H2,1-3H3,(H,24,28). The molecule has 1 heterocycles. The van der Waals surface area contributed by atoms with Crippen molar-refractivity contribution in [1.82, 2.24) is 14.8 Å². The molecule has 1 N–H and O–H groups in total. The fourth-order valence-electron chi connectivity index (χ4n) is 2.74. The number of hydrogen-bond acceptors (Lipinski definition) is 5. The van der Waals surface area contributed by atoms with Gasteiger partial charge in [0.15, 0.2) is 11.0 Å². The van der Waals surface area contributed by atoms with Gasteiger partial charge in [0.1, 0.15) is 12.4 Å². The van der Waals surface area contributed by atoms with E-state index >= 15 is 0 Å². The Morgan fingerprint density at radius 2 is 2.03 bits per heavy atom. The van der Waals surface area contributed by atoms with Crippen LogP contribution in [0.25, 0.3) is 0 Å². The van der Waals surface area contributed by atoms with Gasteiger partial charge in [0, 0.05) is 17.2 Å². The van der Waals surface area contributed by atoms with Crippen LogP contribution in [-0.2, 0) is 18.4 Å². The number of amides is 1. The predicted octanol–water partition coefficient (Wildman–Crippen LogP) is 5.66. The van der Waals surface area contributed by atoms with Crippen molar-refractivity contribution < 1.29 is 9.53 Å². The van der Waals surface area contributed by atoms with Gasteiger partial charge in [-0.2, -0.15) is 0 Å². The Morgan fingerprint density at radius 1 is 1.27 bits per heavy atom. The lowest BCUT2D eigenvalue weighted by Crippen LogP contribution is -2.16. The molecule has 1 amide bonds. The van der Waals surface area contributed by atoms with Crippen molar-refractivity contribution in [2.45, 2.75) is 31.5 Å². The van der Waals surface area contributed by atoms with Crippen molar-refractivity contribution >= 4 is 50.9 Å².